The minimum Gasteiger partial charge on any atom is -0.338 e. The second-order valence-electron chi connectivity index (χ2n) is 8.65. The average molecular weight is 484 g/mol. The van der Waals surface area contributed by atoms with E-state index in [0.29, 0.717) is 18.8 Å². The van der Waals surface area contributed by atoms with Crippen molar-refractivity contribution in [2.24, 2.45) is 13.0 Å². The van der Waals surface area contributed by atoms with Crippen molar-refractivity contribution in [1.29, 1.82) is 0 Å². The Morgan fingerprint density at radius 2 is 1.97 bits per heavy atom. The van der Waals surface area contributed by atoms with Crippen molar-refractivity contribution in [2.45, 2.75) is 37.8 Å². The van der Waals surface area contributed by atoms with Crippen molar-refractivity contribution in [1.82, 2.24) is 29.6 Å². The van der Waals surface area contributed by atoms with Gasteiger partial charge in [0, 0.05) is 50.5 Å². The fourth-order valence-corrected chi connectivity index (χ4v) is 6.58. The van der Waals surface area contributed by atoms with E-state index in [1.165, 1.54) is 52.8 Å². The average Bonchev–Trinajstić information content (AvgIpc) is 3.45. The number of amides is 1. The molecule has 0 bridgehead atoms. The van der Waals surface area contributed by atoms with Gasteiger partial charge in [0.05, 0.1) is 10.6 Å². The first kappa shape index (κ1) is 22.3. The lowest BCUT2D eigenvalue weighted by Gasteiger charge is -2.34. The molecule has 8 nitrogen and oxygen atoms in total. The summed E-state index contributed by atoms with van der Waals surface area (Å²) in [4.78, 5) is 28.1. The summed E-state index contributed by atoms with van der Waals surface area (Å²) in [5.74, 6) is 2.93. The summed E-state index contributed by atoms with van der Waals surface area (Å²) in [6.45, 7) is 5.14. The SMILES string of the molecule is CC[C@@H]1CCc2sc(-c3nnc(SCC(=O)N4CCN(c5ncccn5)CC4)n3C)cc2C1. The summed E-state index contributed by atoms with van der Waals surface area (Å²) < 4.78 is 2.03. The number of thiophene rings is 1. The van der Waals surface area contributed by atoms with Gasteiger partial charge in [-0.05, 0) is 42.9 Å². The summed E-state index contributed by atoms with van der Waals surface area (Å²) in [6.07, 6.45) is 8.39. The highest BCUT2D eigenvalue weighted by Crippen LogP contribution is 2.38. The van der Waals surface area contributed by atoms with Gasteiger partial charge in [-0.3, -0.25) is 4.79 Å². The van der Waals surface area contributed by atoms with Gasteiger partial charge >= 0.3 is 0 Å². The van der Waals surface area contributed by atoms with Gasteiger partial charge in [-0.25, -0.2) is 9.97 Å². The number of aromatic nitrogens is 5. The van der Waals surface area contributed by atoms with Crippen molar-refractivity contribution in [2.75, 3.05) is 36.8 Å². The number of rotatable bonds is 6. The molecule has 3 aromatic heterocycles. The number of carbonyl (C=O) groups is 1. The largest absolute Gasteiger partial charge is 0.338 e. The molecule has 174 valence electrons. The third kappa shape index (κ3) is 4.77. The summed E-state index contributed by atoms with van der Waals surface area (Å²) in [6, 6.07) is 4.12. The van der Waals surface area contributed by atoms with E-state index in [0.717, 1.165) is 35.9 Å². The Kier molecular flexibility index (Phi) is 6.64. The molecule has 1 aliphatic heterocycles. The molecule has 3 aromatic rings. The third-order valence-electron chi connectivity index (χ3n) is 6.61. The van der Waals surface area contributed by atoms with E-state index >= 15 is 0 Å². The van der Waals surface area contributed by atoms with Crippen LogP contribution in [0.25, 0.3) is 10.7 Å². The van der Waals surface area contributed by atoms with Crippen LogP contribution in [0.1, 0.15) is 30.2 Å². The summed E-state index contributed by atoms with van der Waals surface area (Å²) in [5, 5.41) is 9.63. The van der Waals surface area contributed by atoms with Crippen molar-refractivity contribution in [3.63, 3.8) is 0 Å². The van der Waals surface area contributed by atoms with Crippen LogP contribution in [0, 0.1) is 5.92 Å². The minimum absolute atomic E-state index is 0.135. The van der Waals surface area contributed by atoms with Gasteiger partial charge in [0.15, 0.2) is 11.0 Å². The molecule has 4 heterocycles. The highest BCUT2D eigenvalue weighted by Gasteiger charge is 2.25. The van der Waals surface area contributed by atoms with Gasteiger partial charge in [-0.2, -0.15) is 0 Å². The number of carbonyl (C=O) groups excluding carboxylic acids is 1. The lowest BCUT2D eigenvalue weighted by atomic mass is 9.87. The lowest BCUT2D eigenvalue weighted by Crippen LogP contribution is -2.49. The van der Waals surface area contributed by atoms with Crippen molar-refractivity contribution in [3.05, 3.63) is 35.0 Å². The van der Waals surface area contributed by atoms with Crippen LogP contribution >= 0.6 is 23.1 Å². The van der Waals surface area contributed by atoms with Gasteiger partial charge in [0.2, 0.25) is 11.9 Å². The van der Waals surface area contributed by atoms with Gasteiger partial charge in [0.25, 0.3) is 0 Å². The molecule has 5 rings (SSSR count). The molecule has 1 aliphatic carbocycles. The smallest absolute Gasteiger partial charge is 0.233 e. The Balaban J connectivity index is 1.17. The maximum absolute atomic E-state index is 12.8. The van der Waals surface area contributed by atoms with E-state index < -0.39 is 0 Å². The maximum Gasteiger partial charge on any atom is 0.233 e. The Bertz CT molecular complexity index is 1110. The highest BCUT2D eigenvalue weighted by molar-refractivity contribution is 7.99. The summed E-state index contributed by atoms with van der Waals surface area (Å²) >= 11 is 3.32. The zero-order chi connectivity index (χ0) is 22.8. The van der Waals surface area contributed by atoms with Crippen LogP contribution in [0.5, 0.6) is 0 Å². The first-order chi connectivity index (χ1) is 16.1. The number of hydrogen-bond acceptors (Lipinski definition) is 8. The second kappa shape index (κ2) is 9.80. The van der Waals surface area contributed by atoms with Crippen LogP contribution in [-0.2, 0) is 24.7 Å². The van der Waals surface area contributed by atoms with E-state index in [-0.39, 0.29) is 5.91 Å². The first-order valence-corrected chi connectivity index (χ1v) is 13.4. The predicted molar refractivity (Wildman–Crippen MR) is 132 cm³/mol. The van der Waals surface area contributed by atoms with Gasteiger partial charge in [-0.1, -0.05) is 25.1 Å². The van der Waals surface area contributed by atoms with Crippen LogP contribution in [0.3, 0.4) is 0 Å². The minimum atomic E-state index is 0.135. The fraction of sp³-hybridized carbons (Fsp3) is 0.522. The summed E-state index contributed by atoms with van der Waals surface area (Å²) in [7, 11) is 1.99. The molecule has 10 heteroatoms. The number of hydrogen-bond donors (Lipinski definition) is 0. The van der Waals surface area contributed by atoms with E-state index in [2.05, 4.69) is 38.1 Å². The molecule has 1 fully saturated rings. The molecular formula is C23H29N7OS2. The topological polar surface area (TPSA) is 80.0 Å². The molecule has 33 heavy (non-hydrogen) atoms. The van der Waals surface area contributed by atoms with Crippen molar-refractivity contribution in [3.8, 4) is 10.7 Å². The van der Waals surface area contributed by atoms with Crippen LogP contribution in [-0.4, -0.2) is 67.5 Å². The lowest BCUT2D eigenvalue weighted by molar-refractivity contribution is -0.128. The molecule has 0 N–H and O–H groups in total. The molecule has 0 saturated carbocycles. The normalized spacial score (nSPS) is 18.4. The van der Waals surface area contributed by atoms with Crippen molar-refractivity contribution < 1.29 is 4.79 Å². The molecular weight excluding hydrogens is 454 g/mol. The molecule has 0 spiro atoms. The molecule has 1 atom stereocenters. The molecule has 0 aromatic carbocycles. The number of piperazine rings is 1. The third-order valence-corrected chi connectivity index (χ3v) is 8.85. The van der Waals surface area contributed by atoms with Crippen LogP contribution < -0.4 is 4.90 Å². The predicted octanol–water partition coefficient (Wildman–Crippen LogP) is 3.29. The molecule has 2 aliphatic rings. The van der Waals surface area contributed by atoms with E-state index in [9.17, 15) is 4.79 Å². The number of nitrogens with zero attached hydrogens (tertiary/aromatic N) is 7. The second-order valence-corrected chi connectivity index (χ2v) is 10.7. The van der Waals surface area contributed by atoms with Gasteiger partial charge in [0.1, 0.15) is 0 Å². The van der Waals surface area contributed by atoms with Crippen LogP contribution in [0.4, 0.5) is 5.95 Å². The van der Waals surface area contributed by atoms with E-state index in [1.807, 2.05) is 33.9 Å². The monoisotopic (exact) mass is 483 g/mol. The van der Waals surface area contributed by atoms with Crippen molar-refractivity contribution >= 4 is 35.0 Å². The van der Waals surface area contributed by atoms with E-state index in [1.54, 1.807) is 12.4 Å². The first-order valence-electron chi connectivity index (χ1n) is 11.6. The molecule has 0 radical (unpaired) electrons. The zero-order valence-electron chi connectivity index (χ0n) is 19.1. The van der Waals surface area contributed by atoms with Crippen LogP contribution in [0.15, 0.2) is 29.7 Å². The highest BCUT2D eigenvalue weighted by atomic mass is 32.2. The fourth-order valence-electron chi connectivity index (χ4n) is 4.54. The standard InChI is InChI=1S/C23H29N7OS2/c1-3-16-5-6-18-17(13-16)14-19(33-18)21-26-27-23(28(21)2)32-15-20(31)29-9-11-30(12-10-29)22-24-7-4-8-25-22/h4,7-8,14,16H,3,5-6,9-13,15H2,1-2H3/t16-/m1/s1. The number of fused-ring (bicyclic) bond motifs is 1. The molecule has 1 amide bonds. The zero-order valence-corrected chi connectivity index (χ0v) is 20.7. The summed E-state index contributed by atoms with van der Waals surface area (Å²) in [5.41, 5.74) is 1.49. The Labute approximate surface area is 202 Å². The Morgan fingerprint density at radius 1 is 1.18 bits per heavy atom. The van der Waals surface area contributed by atoms with Crippen LogP contribution in [0.2, 0.25) is 0 Å². The Hall–Kier alpha value is -2.46. The number of anilines is 1. The number of aryl methyl sites for hydroxylation is 1. The van der Waals surface area contributed by atoms with Gasteiger partial charge in [-0.15, -0.1) is 21.5 Å². The molecule has 0 unspecified atom stereocenters. The number of thioether (sulfide) groups is 1. The molecule has 1 saturated heterocycles. The quantitative estimate of drug-likeness (QED) is 0.498. The van der Waals surface area contributed by atoms with Gasteiger partial charge < -0.3 is 14.4 Å². The van der Waals surface area contributed by atoms with E-state index in [4.69, 9.17) is 0 Å². The maximum atomic E-state index is 12.8. The Morgan fingerprint density at radius 3 is 2.73 bits per heavy atom.